The molecule has 1 aromatic carbocycles. The minimum atomic E-state index is -0.985. The van der Waals surface area contributed by atoms with Gasteiger partial charge in [-0.2, -0.15) is 0 Å². The van der Waals surface area contributed by atoms with E-state index in [0.29, 0.717) is 24.8 Å². The molecule has 1 aliphatic heterocycles. The molecule has 7 heteroatoms. The molecule has 0 saturated heterocycles. The summed E-state index contributed by atoms with van der Waals surface area (Å²) in [5, 5.41) is 12.6. The predicted molar refractivity (Wildman–Crippen MR) is 93.0 cm³/mol. The van der Waals surface area contributed by atoms with E-state index in [4.69, 9.17) is 0 Å². The van der Waals surface area contributed by atoms with Gasteiger partial charge in [0, 0.05) is 28.0 Å². The normalized spacial score (nSPS) is 36.0. The number of carbonyl (C=O) groups excluding carboxylic acids is 2. The van der Waals surface area contributed by atoms with Gasteiger partial charge in [-0.15, -0.1) is 0 Å². The van der Waals surface area contributed by atoms with Crippen LogP contribution in [0.25, 0.3) is 0 Å². The van der Waals surface area contributed by atoms with Crippen LogP contribution >= 0.6 is 15.9 Å². The van der Waals surface area contributed by atoms with Gasteiger partial charge in [-0.25, -0.2) is 4.39 Å². The maximum Gasteiger partial charge on any atom is 0.254 e. The van der Waals surface area contributed by atoms with Crippen LogP contribution in [-0.2, 0) is 10.2 Å². The fourth-order valence-corrected chi connectivity index (χ4v) is 4.53. The molecular weight excluding hydrogens is 391 g/mol. The maximum absolute atomic E-state index is 14.2. The summed E-state index contributed by atoms with van der Waals surface area (Å²) in [7, 11) is 0. The second kappa shape index (κ2) is 5.51. The largest absolute Gasteiger partial charge is 0.390 e. The molecule has 2 aliphatic carbocycles. The number of hydrogen-bond donors (Lipinski definition) is 2. The minimum Gasteiger partial charge on any atom is -0.390 e. The minimum absolute atomic E-state index is 0.0607. The van der Waals surface area contributed by atoms with Crippen LogP contribution in [0.2, 0.25) is 0 Å². The van der Waals surface area contributed by atoms with E-state index in [1.54, 1.807) is 19.1 Å². The highest BCUT2D eigenvalue weighted by Crippen LogP contribution is 2.54. The van der Waals surface area contributed by atoms with Crippen molar-refractivity contribution in [1.29, 1.82) is 0 Å². The lowest BCUT2D eigenvalue weighted by molar-refractivity contribution is -0.125. The highest BCUT2D eigenvalue weighted by Gasteiger charge is 2.61. The molecule has 0 bridgehead atoms. The van der Waals surface area contributed by atoms with Crippen molar-refractivity contribution in [3.8, 4) is 0 Å². The molecule has 2 fully saturated rings. The first kappa shape index (κ1) is 17.0. The number of carbonyl (C=O) groups is 2. The molecule has 4 rings (SSSR count). The molecule has 2 N–H and O–H groups in total. The van der Waals surface area contributed by atoms with Crippen LogP contribution in [0.4, 0.5) is 4.39 Å². The van der Waals surface area contributed by atoms with Gasteiger partial charge in [-0.05, 0) is 49.9 Å². The van der Waals surface area contributed by atoms with Crippen LogP contribution in [0, 0.1) is 0 Å². The summed E-state index contributed by atoms with van der Waals surface area (Å²) in [6, 6.07) is 5.22. The third kappa shape index (κ3) is 2.87. The Morgan fingerprint density at radius 3 is 2.72 bits per heavy atom. The summed E-state index contributed by atoms with van der Waals surface area (Å²) in [5.41, 5.74) is -0.168. The van der Waals surface area contributed by atoms with E-state index in [1.807, 2.05) is 6.07 Å². The molecule has 0 radical (unpaired) electrons. The molecule has 0 unspecified atom stereocenters. The lowest BCUT2D eigenvalue weighted by Gasteiger charge is -2.41. The van der Waals surface area contributed by atoms with Crippen molar-refractivity contribution >= 4 is 27.7 Å². The number of rotatable bonds is 3. The van der Waals surface area contributed by atoms with Crippen molar-refractivity contribution in [2.45, 2.75) is 49.4 Å². The van der Waals surface area contributed by atoms with Crippen LogP contribution in [0.15, 0.2) is 22.7 Å². The fraction of sp³-hybridized carbons (Fsp3) is 0.556. The second-order valence-electron chi connectivity index (χ2n) is 7.85. The van der Waals surface area contributed by atoms with E-state index in [9.17, 15) is 19.1 Å². The molecule has 2 amide bonds. The van der Waals surface area contributed by atoms with Gasteiger partial charge in [0.25, 0.3) is 5.91 Å². The number of alkyl halides is 1. The zero-order valence-corrected chi connectivity index (χ0v) is 15.5. The van der Waals surface area contributed by atoms with Crippen molar-refractivity contribution in [1.82, 2.24) is 10.2 Å². The first-order valence-electron chi connectivity index (χ1n) is 8.45. The number of amides is 2. The Morgan fingerprint density at radius 2 is 2.12 bits per heavy atom. The van der Waals surface area contributed by atoms with Gasteiger partial charge in [0.2, 0.25) is 5.91 Å². The summed E-state index contributed by atoms with van der Waals surface area (Å²) in [5.74, 6) is -0.497. The lowest BCUT2D eigenvalue weighted by atomic mass is 9.77. The Bertz CT molecular complexity index is 761. The first-order valence-corrected chi connectivity index (χ1v) is 9.25. The summed E-state index contributed by atoms with van der Waals surface area (Å²) in [4.78, 5) is 26.4. The molecule has 2 saturated carbocycles. The summed E-state index contributed by atoms with van der Waals surface area (Å²) in [6.45, 7) is 1.88. The lowest BCUT2D eigenvalue weighted by Crippen LogP contribution is -2.56. The Hall–Kier alpha value is -1.47. The van der Waals surface area contributed by atoms with Crippen molar-refractivity contribution < 1.29 is 19.1 Å². The van der Waals surface area contributed by atoms with E-state index in [1.165, 1.54) is 4.90 Å². The topological polar surface area (TPSA) is 69.6 Å². The number of benzene rings is 1. The quantitative estimate of drug-likeness (QED) is 0.799. The Morgan fingerprint density at radius 1 is 1.44 bits per heavy atom. The molecule has 0 aromatic heterocycles. The van der Waals surface area contributed by atoms with E-state index >= 15 is 0 Å². The first-order chi connectivity index (χ1) is 11.7. The number of fused-ring (bicyclic) bond motifs is 2. The third-order valence-corrected chi connectivity index (χ3v) is 6.06. The molecular formula is C18H20BrFN2O3. The summed E-state index contributed by atoms with van der Waals surface area (Å²) < 4.78 is 15.0. The van der Waals surface area contributed by atoms with Crippen molar-refractivity contribution in [3.05, 3.63) is 33.8 Å². The smallest absolute Gasteiger partial charge is 0.254 e. The standard InChI is InChI=1S/C18H20BrFN2O3/c1-17(25)5-11(6-17)21-15(23)8-22-9-18(7-14(18)20)13-4-10(19)2-3-12(13)16(22)24/h2-4,11,14,25H,5-9H2,1H3,(H,21,23)/t11-,14-,17-,18+/m1/s1. The van der Waals surface area contributed by atoms with Gasteiger partial charge < -0.3 is 15.3 Å². The molecule has 2 atom stereocenters. The number of nitrogens with zero attached hydrogens (tertiary/aromatic N) is 1. The SMILES string of the molecule is C[C@]1(O)C[C@H](NC(=O)CN2C[C@@]3(C[C@H]3F)c3cc(Br)ccc3C2=O)C1. The Kier molecular flexibility index (Phi) is 3.74. The van der Waals surface area contributed by atoms with Crippen LogP contribution in [0.3, 0.4) is 0 Å². The second-order valence-corrected chi connectivity index (χ2v) is 8.76. The van der Waals surface area contributed by atoms with Gasteiger partial charge in [0.05, 0.1) is 12.1 Å². The molecule has 25 heavy (non-hydrogen) atoms. The zero-order chi connectivity index (χ0) is 18.0. The molecule has 1 aromatic rings. The molecule has 134 valence electrons. The summed E-state index contributed by atoms with van der Waals surface area (Å²) in [6.07, 6.45) is 0.425. The van der Waals surface area contributed by atoms with E-state index in [0.717, 1.165) is 10.0 Å². The fourth-order valence-electron chi connectivity index (χ4n) is 4.16. The monoisotopic (exact) mass is 410 g/mol. The highest BCUT2D eigenvalue weighted by atomic mass is 79.9. The van der Waals surface area contributed by atoms with Crippen LogP contribution in [-0.4, -0.2) is 52.7 Å². The average Bonchev–Trinajstić information content (AvgIpc) is 3.13. The van der Waals surface area contributed by atoms with Crippen molar-refractivity contribution in [2.24, 2.45) is 0 Å². The van der Waals surface area contributed by atoms with Gasteiger partial charge >= 0.3 is 0 Å². The van der Waals surface area contributed by atoms with Gasteiger partial charge in [-0.1, -0.05) is 15.9 Å². The van der Waals surface area contributed by atoms with Crippen LogP contribution in [0.1, 0.15) is 42.1 Å². The Balaban J connectivity index is 1.49. The van der Waals surface area contributed by atoms with Crippen LogP contribution in [0.5, 0.6) is 0 Å². The molecule has 5 nitrogen and oxygen atoms in total. The number of aliphatic hydroxyl groups is 1. The third-order valence-electron chi connectivity index (χ3n) is 5.56. The predicted octanol–water partition coefficient (Wildman–Crippen LogP) is 1.91. The summed E-state index contributed by atoms with van der Waals surface area (Å²) >= 11 is 3.38. The van der Waals surface area contributed by atoms with Crippen molar-refractivity contribution in [3.63, 3.8) is 0 Å². The average molecular weight is 411 g/mol. The molecule has 3 aliphatic rings. The maximum atomic E-state index is 14.2. The van der Waals surface area contributed by atoms with E-state index in [2.05, 4.69) is 21.2 Å². The van der Waals surface area contributed by atoms with Crippen LogP contribution < -0.4 is 5.32 Å². The Labute approximate surface area is 153 Å². The number of hydrogen-bond acceptors (Lipinski definition) is 3. The van der Waals surface area contributed by atoms with E-state index in [-0.39, 0.29) is 30.9 Å². The highest BCUT2D eigenvalue weighted by molar-refractivity contribution is 9.10. The number of nitrogens with one attached hydrogen (secondary N) is 1. The van der Waals surface area contributed by atoms with E-state index < -0.39 is 17.2 Å². The number of halogens is 2. The molecule has 1 heterocycles. The van der Waals surface area contributed by atoms with Gasteiger partial charge in [0.15, 0.2) is 0 Å². The van der Waals surface area contributed by atoms with Gasteiger partial charge in [0.1, 0.15) is 6.17 Å². The van der Waals surface area contributed by atoms with Crippen molar-refractivity contribution in [2.75, 3.05) is 13.1 Å². The zero-order valence-electron chi connectivity index (χ0n) is 13.9. The molecule has 1 spiro atoms. The van der Waals surface area contributed by atoms with Gasteiger partial charge in [-0.3, -0.25) is 9.59 Å².